The van der Waals surface area contributed by atoms with Crippen molar-refractivity contribution in [3.63, 3.8) is 0 Å². The third-order valence-corrected chi connectivity index (χ3v) is 7.07. The minimum Gasteiger partial charge on any atom is -0.376 e. The molecule has 8 heteroatoms. The molecule has 0 spiro atoms. The largest absolute Gasteiger partial charge is 0.376 e. The van der Waals surface area contributed by atoms with Crippen LogP contribution >= 0.6 is 0 Å². The molecule has 0 radical (unpaired) electrons. The minimum absolute atomic E-state index is 0.00175. The Labute approximate surface area is 230 Å². The van der Waals surface area contributed by atoms with Crippen LogP contribution in [0.4, 0.5) is 10.1 Å². The summed E-state index contributed by atoms with van der Waals surface area (Å²) < 4.78 is 13.4. The van der Waals surface area contributed by atoms with Gasteiger partial charge in [0.2, 0.25) is 5.91 Å². The number of nitrogens with zero attached hydrogens (tertiary/aromatic N) is 3. The van der Waals surface area contributed by atoms with Crippen molar-refractivity contribution in [3.05, 3.63) is 89.2 Å². The Bertz CT molecular complexity index is 1270. The molecule has 0 atom stereocenters. The molecule has 4 rings (SSSR count). The second-order valence-electron chi connectivity index (χ2n) is 10.3. The molecule has 206 valence electrons. The first-order valence-corrected chi connectivity index (χ1v) is 13.4. The van der Waals surface area contributed by atoms with Crippen LogP contribution in [0.25, 0.3) is 11.1 Å². The van der Waals surface area contributed by atoms with Gasteiger partial charge in [0.15, 0.2) is 0 Å². The van der Waals surface area contributed by atoms with E-state index in [1.54, 1.807) is 29.1 Å². The normalized spacial score (nSPS) is 12.9. The van der Waals surface area contributed by atoms with Crippen molar-refractivity contribution in [1.82, 2.24) is 20.2 Å². The molecule has 0 unspecified atom stereocenters. The van der Waals surface area contributed by atoms with Gasteiger partial charge in [0.25, 0.3) is 5.91 Å². The van der Waals surface area contributed by atoms with Gasteiger partial charge in [-0.05, 0) is 52.9 Å². The number of halogens is 1. The Morgan fingerprint density at radius 3 is 2.23 bits per heavy atom. The van der Waals surface area contributed by atoms with Crippen molar-refractivity contribution in [2.24, 2.45) is 0 Å². The number of aryl methyl sites for hydroxylation is 1. The molecule has 0 fully saturated rings. The number of carbonyl (C=O) groups excluding carboxylic acids is 2. The van der Waals surface area contributed by atoms with Crippen LogP contribution in [-0.2, 0) is 22.7 Å². The van der Waals surface area contributed by atoms with Crippen molar-refractivity contribution < 1.29 is 14.0 Å². The topological polar surface area (TPSA) is 67.9 Å². The lowest BCUT2D eigenvalue weighted by molar-refractivity contribution is -0.151. The first-order valence-electron chi connectivity index (χ1n) is 13.4. The van der Waals surface area contributed by atoms with Crippen LogP contribution in [0.2, 0.25) is 0 Å². The second kappa shape index (κ2) is 12.9. The van der Waals surface area contributed by atoms with Gasteiger partial charge in [0, 0.05) is 45.0 Å². The molecule has 0 aromatic heterocycles. The predicted molar refractivity (Wildman–Crippen MR) is 153 cm³/mol. The first kappa shape index (κ1) is 28.3. The number of benzene rings is 3. The maximum absolute atomic E-state index is 13.4. The molecule has 1 aliphatic rings. The van der Waals surface area contributed by atoms with E-state index in [9.17, 15) is 14.0 Å². The van der Waals surface area contributed by atoms with Gasteiger partial charge >= 0.3 is 0 Å². The summed E-state index contributed by atoms with van der Waals surface area (Å²) in [6, 6.07) is 20.7. The van der Waals surface area contributed by atoms with E-state index in [0.29, 0.717) is 26.2 Å². The van der Waals surface area contributed by atoms with Gasteiger partial charge in [-0.2, -0.15) is 0 Å². The third-order valence-electron chi connectivity index (χ3n) is 7.07. The SMILES string of the molecule is Cc1ccc(-c2ccc(F)cc2)cc1NCC(=O)N(CCNC(C)C)CC(=O)N(C)N1Cc2ccccc2C1. The fourth-order valence-electron chi connectivity index (χ4n) is 4.65. The van der Waals surface area contributed by atoms with Gasteiger partial charge < -0.3 is 15.5 Å². The van der Waals surface area contributed by atoms with Gasteiger partial charge in [0.05, 0.1) is 6.54 Å². The van der Waals surface area contributed by atoms with Crippen molar-refractivity contribution in [3.8, 4) is 11.1 Å². The molecule has 7 nitrogen and oxygen atoms in total. The second-order valence-corrected chi connectivity index (χ2v) is 10.3. The first-order chi connectivity index (χ1) is 18.7. The van der Waals surface area contributed by atoms with E-state index < -0.39 is 0 Å². The Morgan fingerprint density at radius 1 is 0.949 bits per heavy atom. The van der Waals surface area contributed by atoms with Gasteiger partial charge in [-0.3, -0.25) is 14.6 Å². The number of anilines is 1. The third kappa shape index (κ3) is 7.43. The Hall–Kier alpha value is -3.75. The summed E-state index contributed by atoms with van der Waals surface area (Å²) >= 11 is 0. The highest BCUT2D eigenvalue weighted by molar-refractivity contribution is 5.87. The van der Waals surface area contributed by atoms with E-state index in [-0.39, 0.29) is 36.8 Å². The van der Waals surface area contributed by atoms with E-state index >= 15 is 0 Å². The molecule has 2 amide bonds. The number of amides is 2. The van der Waals surface area contributed by atoms with Gasteiger partial charge in [-0.25, -0.2) is 9.40 Å². The molecule has 39 heavy (non-hydrogen) atoms. The van der Waals surface area contributed by atoms with E-state index in [4.69, 9.17) is 0 Å². The van der Waals surface area contributed by atoms with Crippen molar-refractivity contribution in [2.45, 2.75) is 39.9 Å². The number of hydrogen-bond acceptors (Lipinski definition) is 5. The monoisotopic (exact) mass is 531 g/mol. The Balaban J connectivity index is 1.41. The molecule has 0 bridgehead atoms. The van der Waals surface area contributed by atoms with Gasteiger partial charge in [0.1, 0.15) is 12.4 Å². The van der Waals surface area contributed by atoms with Crippen LogP contribution in [-0.4, -0.2) is 66.0 Å². The number of carbonyl (C=O) groups is 2. The molecular weight excluding hydrogens is 493 g/mol. The average Bonchev–Trinajstić information content (AvgIpc) is 3.36. The van der Waals surface area contributed by atoms with Crippen LogP contribution in [0.5, 0.6) is 0 Å². The maximum atomic E-state index is 13.4. The molecule has 3 aromatic rings. The number of hydrazine groups is 1. The number of rotatable bonds is 11. The standard InChI is InChI=1S/C31H38FN5O2/c1-22(2)33-15-16-36(21-31(39)35(4)37-19-26-7-5-6-8-27(26)20-37)30(38)18-34-29-17-25(10-9-23(29)3)24-11-13-28(32)14-12-24/h5-14,17,22,33-34H,15-16,18-21H2,1-4H3. The smallest absolute Gasteiger partial charge is 0.256 e. The molecule has 0 aliphatic carbocycles. The average molecular weight is 532 g/mol. The number of likely N-dealkylation sites (N-methyl/N-ethyl adjacent to an activating group) is 1. The Kier molecular flexibility index (Phi) is 9.32. The summed E-state index contributed by atoms with van der Waals surface area (Å²) in [5.41, 5.74) is 6.07. The zero-order valence-corrected chi connectivity index (χ0v) is 23.2. The van der Waals surface area contributed by atoms with Gasteiger partial charge in [-0.15, -0.1) is 0 Å². The minimum atomic E-state index is -0.281. The molecular formula is C31H38FN5O2. The van der Waals surface area contributed by atoms with Crippen LogP contribution in [0.15, 0.2) is 66.7 Å². The molecule has 2 N–H and O–H groups in total. The van der Waals surface area contributed by atoms with Crippen molar-refractivity contribution >= 4 is 17.5 Å². The summed E-state index contributed by atoms with van der Waals surface area (Å²) in [6.07, 6.45) is 0. The fourth-order valence-corrected chi connectivity index (χ4v) is 4.65. The summed E-state index contributed by atoms with van der Waals surface area (Å²) in [5.74, 6) is -0.565. The number of fused-ring (bicyclic) bond motifs is 1. The highest BCUT2D eigenvalue weighted by Crippen LogP contribution is 2.26. The molecule has 0 saturated carbocycles. The van der Waals surface area contributed by atoms with Crippen LogP contribution in [0, 0.1) is 12.7 Å². The lowest BCUT2D eigenvalue weighted by Gasteiger charge is -2.31. The lowest BCUT2D eigenvalue weighted by Crippen LogP contribution is -2.49. The molecule has 1 heterocycles. The maximum Gasteiger partial charge on any atom is 0.256 e. The fraction of sp³-hybridized carbons (Fsp3) is 0.355. The Morgan fingerprint density at radius 2 is 1.59 bits per heavy atom. The zero-order valence-electron chi connectivity index (χ0n) is 23.2. The van der Waals surface area contributed by atoms with Crippen LogP contribution in [0.3, 0.4) is 0 Å². The zero-order chi connectivity index (χ0) is 27.9. The number of nitrogens with one attached hydrogen (secondary N) is 2. The molecule has 1 aliphatic heterocycles. The van der Waals surface area contributed by atoms with Crippen molar-refractivity contribution in [1.29, 1.82) is 0 Å². The number of hydrogen-bond donors (Lipinski definition) is 2. The van der Waals surface area contributed by atoms with Crippen LogP contribution in [0.1, 0.15) is 30.5 Å². The van der Waals surface area contributed by atoms with E-state index in [2.05, 4.69) is 36.6 Å². The van der Waals surface area contributed by atoms with Gasteiger partial charge in [-0.1, -0.05) is 62.4 Å². The van der Waals surface area contributed by atoms with E-state index in [1.165, 1.54) is 23.3 Å². The lowest BCUT2D eigenvalue weighted by atomic mass is 10.0. The summed E-state index contributed by atoms with van der Waals surface area (Å²) in [6.45, 7) is 8.49. The van der Waals surface area contributed by atoms with Crippen molar-refractivity contribution in [2.75, 3.05) is 38.5 Å². The molecule has 0 saturated heterocycles. The van der Waals surface area contributed by atoms with Crippen LogP contribution < -0.4 is 10.6 Å². The summed E-state index contributed by atoms with van der Waals surface area (Å²) in [4.78, 5) is 28.2. The highest BCUT2D eigenvalue weighted by atomic mass is 19.1. The summed E-state index contributed by atoms with van der Waals surface area (Å²) in [7, 11) is 1.77. The highest BCUT2D eigenvalue weighted by Gasteiger charge is 2.27. The quantitative estimate of drug-likeness (QED) is 0.383. The van der Waals surface area contributed by atoms with E-state index in [0.717, 1.165) is 22.4 Å². The summed E-state index contributed by atoms with van der Waals surface area (Å²) in [5, 5.41) is 10.2. The molecule has 3 aromatic carbocycles. The predicted octanol–water partition coefficient (Wildman–Crippen LogP) is 4.43. The van der Waals surface area contributed by atoms with E-state index in [1.807, 2.05) is 42.3 Å².